The molecule has 0 aliphatic heterocycles. The topological polar surface area (TPSA) is 81.1 Å². The fourth-order valence-electron chi connectivity index (χ4n) is 1.78. The summed E-state index contributed by atoms with van der Waals surface area (Å²) in [5.74, 6) is 1.62. The van der Waals surface area contributed by atoms with Crippen LogP contribution in [0.1, 0.15) is 31.2 Å². The van der Waals surface area contributed by atoms with Crippen LogP contribution in [0.5, 0.6) is 0 Å². The minimum atomic E-state index is 0.369. The minimum Gasteiger partial charge on any atom is -0.370 e. The van der Waals surface area contributed by atoms with Crippen LogP contribution in [0.2, 0.25) is 0 Å². The molecule has 1 heterocycles. The molecule has 0 spiro atoms. The van der Waals surface area contributed by atoms with Crippen LogP contribution in [-0.2, 0) is 13.6 Å². The third-order valence-electron chi connectivity index (χ3n) is 3.02. The number of benzene rings is 1. The Morgan fingerprint density at radius 2 is 2.25 bits per heavy atom. The number of anilines is 1. The number of hydrogen-bond acceptors (Lipinski definition) is 3. The highest BCUT2D eigenvalue weighted by Crippen LogP contribution is 2.18. The summed E-state index contributed by atoms with van der Waals surface area (Å²) in [6, 6.07) is 8.16. The smallest absolute Gasteiger partial charge is 0.193 e. The second kappa shape index (κ2) is 6.18. The van der Waals surface area contributed by atoms with Crippen molar-refractivity contribution in [1.29, 1.82) is 0 Å². The van der Waals surface area contributed by atoms with Crippen LogP contribution in [0, 0.1) is 0 Å². The van der Waals surface area contributed by atoms with E-state index in [-0.39, 0.29) is 0 Å². The molecule has 3 N–H and O–H groups in total. The monoisotopic (exact) mass is 272 g/mol. The molecule has 2 aromatic rings. The summed E-state index contributed by atoms with van der Waals surface area (Å²) in [5, 5.41) is 7.07. The van der Waals surface area contributed by atoms with Crippen molar-refractivity contribution in [2.75, 3.05) is 5.32 Å². The number of hydrogen-bond donors (Lipinski definition) is 2. The summed E-state index contributed by atoms with van der Waals surface area (Å²) in [5.41, 5.74) is 8.08. The molecular formula is C14H20N6. The fraction of sp³-hybridized carbons (Fsp3) is 0.357. The van der Waals surface area contributed by atoms with Crippen LogP contribution in [0.25, 0.3) is 0 Å². The van der Waals surface area contributed by atoms with E-state index in [0.717, 1.165) is 11.5 Å². The molecule has 106 valence electrons. The SMILES string of the molecule is CC(C)c1cccc(NC(N)=NCc2ncnn2C)c1. The highest BCUT2D eigenvalue weighted by atomic mass is 15.3. The van der Waals surface area contributed by atoms with Crippen LogP contribution in [0.4, 0.5) is 5.69 Å². The van der Waals surface area contributed by atoms with E-state index in [1.54, 1.807) is 4.68 Å². The van der Waals surface area contributed by atoms with Crippen molar-refractivity contribution in [2.24, 2.45) is 17.8 Å². The van der Waals surface area contributed by atoms with Gasteiger partial charge in [-0.15, -0.1) is 0 Å². The maximum atomic E-state index is 5.88. The van der Waals surface area contributed by atoms with Crippen LogP contribution >= 0.6 is 0 Å². The van der Waals surface area contributed by atoms with Gasteiger partial charge in [0.1, 0.15) is 18.7 Å². The lowest BCUT2D eigenvalue weighted by Gasteiger charge is -2.09. The average Bonchev–Trinajstić information content (AvgIpc) is 2.82. The summed E-state index contributed by atoms with van der Waals surface area (Å²) in [6.45, 7) is 4.72. The van der Waals surface area contributed by atoms with E-state index in [2.05, 4.69) is 46.4 Å². The van der Waals surface area contributed by atoms with E-state index in [1.165, 1.54) is 11.9 Å². The van der Waals surface area contributed by atoms with E-state index < -0.39 is 0 Å². The van der Waals surface area contributed by atoms with Crippen molar-refractivity contribution >= 4 is 11.6 Å². The number of aromatic nitrogens is 3. The number of rotatable bonds is 4. The zero-order chi connectivity index (χ0) is 14.5. The fourth-order valence-corrected chi connectivity index (χ4v) is 1.78. The molecule has 0 radical (unpaired) electrons. The predicted octanol–water partition coefficient (Wildman–Crippen LogP) is 1.87. The number of guanidine groups is 1. The van der Waals surface area contributed by atoms with Gasteiger partial charge in [-0.3, -0.25) is 4.68 Å². The number of aryl methyl sites for hydroxylation is 1. The van der Waals surface area contributed by atoms with E-state index >= 15 is 0 Å². The van der Waals surface area contributed by atoms with Crippen LogP contribution < -0.4 is 11.1 Å². The van der Waals surface area contributed by atoms with Gasteiger partial charge in [0.05, 0.1) is 0 Å². The summed E-state index contributed by atoms with van der Waals surface area (Å²) >= 11 is 0. The molecule has 6 nitrogen and oxygen atoms in total. The molecule has 2 rings (SSSR count). The Morgan fingerprint density at radius 1 is 1.45 bits per heavy atom. The molecule has 0 atom stereocenters. The first-order chi connectivity index (χ1) is 9.56. The normalized spacial score (nSPS) is 11.9. The molecule has 0 saturated heterocycles. The molecule has 0 aliphatic rings. The molecule has 0 fully saturated rings. The molecule has 0 amide bonds. The summed E-state index contributed by atoms with van der Waals surface area (Å²) in [6.07, 6.45) is 1.50. The number of nitrogens with two attached hydrogens (primary N) is 1. The summed E-state index contributed by atoms with van der Waals surface area (Å²) < 4.78 is 1.68. The highest BCUT2D eigenvalue weighted by Gasteiger charge is 2.02. The molecule has 1 aromatic heterocycles. The Morgan fingerprint density at radius 3 is 2.90 bits per heavy atom. The second-order valence-electron chi connectivity index (χ2n) is 4.91. The van der Waals surface area contributed by atoms with Crippen molar-refractivity contribution in [3.8, 4) is 0 Å². The van der Waals surface area contributed by atoms with Crippen LogP contribution in [0.3, 0.4) is 0 Å². The zero-order valence-corrected chi connectivity index (χ0v) is 12.0. The van der Waals surface area contributed by atoms with Gasteiger partial charge in [0.25, 0.3) is 0 Å². The first-order valence-electron chi connectivity index (χ1n) is 6.56. The highest BCUT2D eigenvalue weighted by molar-refractivity contribution is 5.92. The van der Waals surface area contributed by atoms with Gasteiger partial charge in [-0.1, -0.05) is 26.0 Å². The second-order valence-corrected chi connectivity index (χ2v) is 4.91. The van der Waals surface area contributed by atoms with Crippen molar-refractivity contribution < 1.29 is 0 Å². The van der Waals surface area contributed by atoms with Gasteiger partial charge in [-0.25, -0.2) is 9.98 Å². The van der Waals surface area contributed by atoms with E-state index in [0.29, 0.717) is 18.4 Å². The lowest BCUT2D eigenvalue weighted by Crippen LogP contribution is -2.23. The maximum Gasteiger partial charge on any atom is 0.193 e. The molecule has 0 aliphatic carbocycles. The van der Waals surface area contributed by atoms with Gasteiger partial charge >= 0.3 is 0 Å². The maximum absolute atomic E-state index is 5.88. The largest absolute Gasteiger partial charge is 0.370 e. The molecule has 0 unspecified atom stereocenters. The van der Waals surface area contributed by atoms with Gasteiger partial charge < -0.3 is 11.1 Å². The Bertz CT molecular complexity index is 599. The van der Waals surface area contributed by atoms with Crippen molar-refractivity contribution in [3.05, 3.63) is 42.0 Å². The summed E-state index contributed by atoms with van der Waals surface area (Å²) in [4.78, 5) is 8.35. The van der Waals surface area contributed by atoms with E-state index in [9.17, 15) is 0 Å². The van der Waals surface area contributed by atoms with E-state index in [4.69, 9.17) is 5.73 Å². The van der Waals surface area contributed by atoms with Crippen LogP contribution in [0.15, 0.2) is 35.6 Å². The zero-order valence-electron chi connectivity index (χ0n) is 12.0. The quantitative estimate of drug-likeness (QED) is 0.657. The first kappa shape index (κ1) is 14.0. The van der Waals surface area contributed by atoms with Gasteiger partial charge in [-0.2, -0.15) is 5.10 Å². The van der Waals surface area contributed by atoms with Crippen molar-refractivity contribution in [1.82, 2.24) is 14.8 Å². The molecule has 0 saturated carbocycles. The lowest BCUT2D eigenvalue weighted by molar-refractivity contribution is 0.702. The third kappa shape index (κ3) is 3.57. The first-order valence-corrected chi connectivity index (χ1v) is 6.56. The summed E-state index contributed by atoms with van der Waals surface area (Å²) in [7, 11) is 1.83. The number of nitrogens with one attached hydrogen (secondary N) is 1. The van der Waals surface area contributed by atoms with Gasteiger partial charge in [0.2, 0.25) is 0 Å². The Kier molecular flexibility index (Phi) is 4.34. The Hall–Kier alpha value is -2.37. The molecular weight excluding hydrogens is 252 g/mol. The lowest BCUT2D eigenvalue weighted by atomic mass is 10.0. The minimum absolute atomic E-state index is 0.369. The van der Waals surface area contributed by atoms with Crippen molar-refractivity contribution in [3.63, 3.8) is 0 Å². The number of nitrogens with zero attached hydrogens (tertiary/aromatic N) is 4. The van der Waals surface area contributed by atoms with Crippen LogP contribution in [-0.4, -0.2) is 20.7 Å². The van der Waals surface area contributed by atoms with Crippen molar-refractivity contribution in [2.45, 2.75) is 26.3 Å². The molecule has 6 heteroatoms. The third-order valence-corrected chi connectivity index (χ3v) is 3.02. The molecule has 20 heavy (non-hydrogen) atoms. The van der Waals surface area contributed by atoms with E-state index in [1.807, 2.05) is 19.2 Å². The Labute approximate surface area is 118 Å². The standard InChI is InChI=1S/C14H20N6/c1-10(2)11-5-4-6-12(7-11)19-14(15)16-8-13-17-9-18-20(13)3/h4-7,9-10H,8H2,1-3H3,(H3,15,16,19). The Balaban J connectivity index is 2.02. The van der Waals surface area contributed by atoms with Gasteiger partial charge in [0.15, 0.2) is 5.96 Å². The predicted molar refractivity (Wildman–Crippen MR) is 80.5 cm³/mol. The van der Waals surface area contributed by atoms with Gasteiger partial charge in [-0.05, 0) is 23.6 Å². The number of aliphatic imine (C=N–C) groups is 1. The molecule has 0 bridgehead atoms. The van der Waals surface area contributed by atoms with Gasteiger partial charge in [0, 0.05) is 12.7 Å². The molecule has 1 aromatic carbocycles. The average molecular weight is 272 g/mol.